The Morgan fingerprint density at radius 3 is 2.52 bits per heavy atom. The van der Waals surface area contributed by atoms with Crippen LogP contribution in [0.3, 0.4) is 0 Å². The Labute approximate surface area is 163 Å². The summed E-state index contributed by atoms with van der Waals surface area (Å²) in [6.07, 6.45) is 0.672. The van der Waals surface area contributed by atoms with E-state index in [-0.39, 0.29) is 24.2 Å². The van der Waals surface area contributed by atoms with Crippen LogP contribution in [0.5, 0.6) is 0 Å². The minimum absolute atomic E-state index is 0.110. The number of carbonyl (C=O) groups excluding carboxylic acids is 3. The fraction of sp³-hybridized carbons (Fsp3) is 0.526. The van der Waals surface area contributed by atoms with Gasteiger partial charge < -0.3 is 19.4 Å². The highest BCUT2D eigenvalue weighted by Gasteiger charge is 2.36. The molecular formula is C19H24ClN3O4. The zero-order valence-electron chi connectivity index (χ0n) is 15.6. The quantitative estimate of drug-likeness (QED) is 0.731. The van der Waals surface area contributed by atoms with Crippen molar-refractivity contribution in [2.45, 2.75) is 19.8 Å². The van der Waals surface area contributed by atoms with Crippen molar-refractivity contribution in [3.63, 3.8) is 0 Å². The molecule has 2 amide bonds. The third-order valence-corrected chi connectivity index (χ3v) is 5.48. The van der Waals surface area contributed by atoms with Crippen LogP contribution in [0.15, 0.2) is 18.2 Å². The molecule has 3 rings (SSSR count). The van der Waals surface area contributed by atoms with Gasteiger partial charge in [-0.2, -0.15) is 0 Å². The van der Waals surface area contributed by atoms with E-state index in [9.17, 15) is 14.4 Å². The minimum atomic E-state index is -0.440. The molecule has 0 aliphatic carbocycles. The normalized spacial score (nSPS) is 20.2. The van der Waals surface area contributed by atoms with Gasteiger partial charge in [0.25, 0.3) is 0 Å². The van der Waals surface area contributed by atoms with Crippen molar-refractivity contribution >= 4 is 40.8 Å². The predicted octanol–water partition coefficient (Wildman–Crippen LogP) is 1.92. The zero-order valence-corrected chi connectivity index (χ0v) is 16.4. The summed E-state index contributed by atoms with van der Waals surface area (Å²) in [5, 5.41) is 0.553. The number of nitrogens with zero attached hydrogens (tertiary/aromatic N) is 3. The molecule has 0 saturated carbocycles. The van der Waals surface area contributed by atoms with Gasteiger partial charge in [-0.1, -0.05) is 18.5 Å². The van der Waals surface area contributed by atoms with Crippen LogP contribution < -0.4 is 9.80 Å². The largest absolute Gasteiger partial charge is 0.469 e. The maximum absolute atomic E-state index is 12.3. The Kier molecular flexibility index (Phi) is 5.89. The van der Waals surface area contributed by atoms with Gasteiger partial charge in [-0.25, -0.2) is 0 Å². The third-order valence-electron chi connectivity index (χ3n) is 5.18. The van der Waals surface area contributed by atoms with E-state index in [1.54, 1.807) is 11.0 Å². The number of hydrogen-bond donors (Lipinski definition) is 0. The molecule has 0 N–H and O–H groups in total. The number of halogens is 1. The second kappa shape index (κ2) is 8.17. The van der Waals surface area contributed by atoms with Crippen molar-refractivity contribution in [3.8, 4) is 0 Å². The summed E-state index contributed by atoms with van der Waals surface area (Å²) in [5.41, 5.74) is 1.57. The van der Waals surface area contributed by atoms with Gasteiger partial charge in [-0.15, -0.1) is 0 Å². The molecule has 2 fully saturated rings. The summed E-state index contributed by atoms with van der Waals surface area (Å²) in [5.74, 6) is -0.747. The van der Waals surface area contributed by atoms with Crippen molar-refractivity contribution in [1.29, 1.82) is 0 Å². The molecule has 146 valence electrons. The van der Waals surface area contributed by atoms with E-state index in [1.165, 1.54) is 7.11 Å². The molecular weight excluding hydrogens is 370 g/mol. The van der Waals surface area contributed by atoms with E-state index in [1.807, 2.05) is 24.0 Å². The Morgan fingerprint density at radius 2 is 1.93 bits per heavy atom. The number of rotatable bonds is 4. The second-order valence-electron chi connectivity index (χ2n) is 6.79. The summed E-state index contributed by atoms with van der Waals surface area (Å²) in [7, 11) is 1.33. The monoisotopic (exact) mass is 393 g/mol. The van der Waals surface area contributed by atoms with Crippen LogP contribution >= 0.6 is 11.6 Å². The van der Waals surface area contributed by atoms with Gasteiger partial charge in [0.15, 0.2) is 0 Å². The highest BCUT2D eigenvalue weighted by Crippen LogP contribution is 2.33. The van der Waals surface area contributed by atoms with Crippen LogP contribution in [0.1, 0.15) is 19.8 Å². The zero-order chi connectivity index (χ0) is 19.6. The molecule has 0 spiro atoms. The number of methoxy groups -OCH3 is 1. The number of esters is 1. The van der Waals surface area contributed by atoms with Crippen LogP contribution in [-0.2, 0) is 19.1 Å². The minimum Gasteiger partial charge on any atom is -0.469 e. The van der Waals surface area contributed by atoms with Crippen LogP contribution in [0.4, 0.5) is 11.4 Å². The van der Waals surface area contributed by atoms with Gasteiger partial charge in [0.1, 0.15) is 0 Å². The number of hydrogen-bond acceptors (Lipinski definition) is 5. The first kappa shape index (κ1) is 19.5. The number of carbonyl (C=O) groups is 3. The summed E-state index contributed by atoms with van der Waals surface area (Å²) >= 11 is 6.49. The SMILES string of the molecule is CCC(=O)N1CCN(c2ccc(N3C[C@H](C(=O)OC)CC3=O)cc2Cl)CC1. The number of amides is 2. The maximum Gasteiger partial charge on any atom is 0.311 e. The van der Waals surface area contributed by atoms with Crippen molar-refractivity contribution in [2.24, 2.45) is 5.92 Å². The predicted molar refractivity (Wildman–Crippen MR) is 103 cm³/mol. The van der Waals surface area contributed by atoms with Gasteiger partial charge in [0.05, 0.1) is 23.7 Å². The first-order valence-corrected chi connectivity index (χ1v) is 9.52. The molecule has 0 bridgehead atoms. The van der Waals surface area contributed by atoms with Gasteiger partial charge in [0.2, 0.25) is 11.8 Å². The van der Waals surface area contributed by atoms with Crippen LogP contribution in [0.2, 0.25) is 5.02 Å². The molecule has 8 heteroatoms. The molecule has 0 unspecified atom stereocenters. The fourth-order valence-electron chi connectivity index (χ4n) is 3.62. The highest BCUT2D eigenvalue weighted by atomic mass is 35.5. The smallest absolute Gasteiger partial charge is 0.311 e. The molecule has 2 aliphatic rings. The lowest BCUT2D eigenvalue weighted by Gasteiger charge is -2.36. The fourth-order valence-corrected chi connectivity index (χ4v) is 3.92. The molecule has 1 aromatic rings. The van der Waals surface area contributed by atoms with E-state index in [0.717, 1.165) is 18.8 Å². The van der Waals surface area contributed by atoms with Crippen LogP contribution in [-0.4, -0.2) is 62.5 Å². The molecule has 7 nitrogen and oxygen atoms in total. The molecule has 1 aromatic carbocycles. The lowest BCUT2D eigenvalue weighted by molar-refractivity contribution is -0.145. The number of ether oxygens (including phenoxy) is 1. The summed E-state index contributed by atoms with van der Waals surface area (Å²) in [6, 6.07) is 5.51. The lowest BCUT2D eigenvalue weighted by Crippen LogP contribution is -2.48. The van der Waals surface area contributed by atoms with E-state index >= 15 is 0 Å². The van der Waals surface area contributed by atoms with Crippen molar-refractivity contribution < 1.29 is 19.1 Å². The third kappa shape index (κ3) is 4.03. The molecule has 1 atom stereocenters. The van der Waals surface area contributed by atoms with Crippen molar-refractivity contribution in [1.82, 2.24) is 4.90 Å². The molecule has 27 heavy (non-hydrogen) atoms. The average molecular weight is 394 g/mol. The maximum atomic E-state index is 12.3. The van der Waals surface area contributed by atoms with E-state index in [0.29, 0.717) is 36.8 Å². The number of piperazine rings is 1. The van der Waals surface area contributed by atoms with Gasteiger partial charge in [0, 0.05) is 51.3 Å². The summed E-state index contributed by atoms with van der Waals surface area (Å²) < 4.78 is 4.74. The first-order chi connectivity index (χ1) is 12.9. The van der Waals surface area contributed by atoms with Gasteiger partial charge >= 0.3 is 5.97 Å². The molecule has 0 aromatic heterocycles. The number of benzene rings is 1. The van der Waals surface area contributed by atoms with E-state index in [2.05, 4.69) is 4.90 Å². The molecule has 2 saturated heterocycles. The molecule has 2 aliphatic heterocycles. The van der Waals surface area contributed by atoms with Crippen molar-refractivity contribution in [3.05, 3.63) is 23.2 Å². The lowest BCUT2D eigenvalue weighted by atomic mass is 10.1. The van der Waals surface area contributed by atoms with Crippen LogP contribution in [0, 0.1) is 5.92 Å². The average Bonchev–Trinajstić information content (AvgIpc) is 3.08. The van der Waals surface area contributed by atoms with Crippen LogP contribution in [0.25, 0.3) is 0 Å². The Morgan fingerprint density at radius 1 is 1.22 bits per heavy atom. The Balaban J connectivity index is 1.69. The Hall–Kier alpha value is -2.28. The summed E-state index contributed by atoms with van der Waals surface area (Å²) in [6.45, 7) is 4.97. The van der Waals surface area contributed by atoms with Crippen molar-refractivity contribution in [2.75, 3.05) is 49.6 Å². The van der Waals surface area contributed by atoms with Gasteiger partial charge in [-0.3, -0.25) is 14.4 Å². The highest BCUT2D eigenvalue weighted by molar-refractivity contribution is 6.33. The second-order valence-corrected chi connectivity index (χ2v) is 7.19. The first-order valence-electron chi connectivity index (χ1n) is 9.15. The number of anilines is 2. The molecule has 0 radical (unpaired) electrons. The topological polar surface area (TPSA) is 70.2 Å². The Bertz CT molecular complexity index is 746. The van der Waals surface area contributed by atoms with E-state index < -0.39 is 5.92 Å². The standard InChI is InChI=1S/C19H24ClN3O4/c1-3-17(24)22-8-6-21(7-9-22)16-5-4-14(11-15(16)20)23-12-13(10-18(23)25)19(26)27-2/h4-5,11,13H,3,6-10,12H2,1-2H3/t13-/m1/s1. The van der Waals surface area contributed by atoms with E-state index in [4.69, 9.17) is 16.3 Å². The summed E-state index contributed by atoms with van der Waals surface area (Å²) in [4.78, 5) is 41.4. The molecule has 2 heterocycles. The van der Waals surface area contributed by atoms with Gasteiger partial charge in [-0.05, 0) is 18.2 Å².